The van der Waals surface area contributed by atoms with E-state index in [9.17, 15) is 18.4 Å². The van der Waals surface area contributed by atoms with Gasteiger partial charge in [-0.05, 0) is 48.5 Å². The smallest absolute Gasteiger partial charge is 0.350 e. The van der Waals surface area contributed by atoms with Gasteiger partial charge in [0.1, 0.15) is 11.6 Å². The Bertz CT molecular complexity index is 804. The minimum Gasteiger partial charge on any atom is -0.419 e. The van der Waals surface area contributed by atoms with Crippen LogP contribution in [-0.4, -0.2) is 17.7 Å². The van der Waals surface area contributed by atoms with E-state index in [4.69, 9.17) is 15.2 Å². The van der Waals surface area contributed by atoms with Crippen LogP contribution in [0.3, 0.4) is 0 Å². The van der Waals surface area contributed by atoms with Crippen molar-refractivity contribution >= 4 is 23.3 Å². The quantitative estimate of drug-likeness (QED) is 0.361. The lowest BCUT2D eigenvalue weighted by Gasteiger charge is -2.29. The third-order valence-electron chi connectivity index (χ3n) is 3.21. The second-order valence-corrected chi connectivity index (χ2v) is 5.94. The van der Waals surface area contributed by atoms with Gasteiger partial charge in [-0.2, -0.15) is 0 Å². The predicted molar refractivity (Wildman–Crippen MR) is 95.2 cm³/mol. The Kier molecular flexibility index (Phi) is 6.12. The molecule has 0 unspecified atom stereocenters. The molecule has 6 nitrogen and oxygen atoms in total. The van der Waals surface area contributed by atoms with Crippen molar-refractivity contribution in [1.82, 2.24) is 0 Å². The van der Waals surface area contributed by atoms with Crippen molar-refractivity contribution in [2.45, 2.75) is 19.6 Å². The lowest BCUT2D eigenvalue weighted by molar-refractivity contribution is -0.222. The number of esters is 2. The SMILES string of the molecule is CC1(C)OC(=O)C(=CNc2ccc(F)cc2)C(=O)O1.Nc1ccc(F)cc1. The van der Waals surface area contributed by atoms with Crippen LogP contribution >= 0.6 is 0 Å². The van der Waals surface area contributed by atoms with Gasteiger partial charge in [-0.1, -0.05) is 0 Å². The maximum absolute atomic E-state index is 12.7. The summed E-state index contributed by atoms with van der Waals surface area (Å²) in [5, 5.41) is 2.70. The van der Waals surface area contributed by atoms with Gasteiger partial charge in [0.2, 0.25) is 0 Å². The summed E-state index contributed by atoms with van der Waals surface area (Å²) >= 11 is 0. The van der Waals surface area contributed by atoms with Crippen molar-refractivity contribution in [3.05, 3.63) is 71.9 Å². The molecule has 1 fully saturated rings. The highest BCUT2D eigenvalue weighted by Crippen LogP contribution is 2.22. The monoisotopic (exact) mass is 376 g/mol. The van der Waals surface area contributed by atoms with E-state index < -0.39 is 17.7 Å². The average Bonchev–Trinajstić information content (AvgIpc) is 2.58. The molecule has 0 amide bonds. The summed E-state index contributed by atoms with van der Waals surface area (Å²) in [4.78, 5) is 23.2. The van der Waals surface area contributed by atoms with E-state index in [0.717, 1.165) is 0 Å². The van der Waals surface area contributed by atoms with Crippen molar-refractivity contribution in [1.29, 1.82) is 0 Å². The number of hydrogen-bond donors (Lipinski definition) is 2. The van der Waals surface area contributed by atoms with Gasteiger partial charge in [0.15, 0.2) is 5.57 Å². The number of nitrogens with one attached hydrogen (secondary N) is 1. The van der Waals surface area contributed by atoms with Crippen molar-refractivity contribution in [2.24, 2.45) is 0 Å². The fourth-order valence-electron chi connectivity index (χ4n) is 1.94. The van der Waals surface area contributed by atoms with Crippen molar-refractivity contribution in [3.8, 4) is 0 Å². The highest BCUT2D eigenvalue weighted by Gasteiger charge is 2.38. The molecule has 1 saturated heterocycles. The second-order valence-electron chi connectivity index (χ2n) is 5.94. The van der Waals surface area contributed by atoms with E-state index in [-0.39, 0.29) is 17.2 Å². The number of carbonyl (C=O) groups is 2. The van der Waals surface area contributed by atoms with Crippen molar-refractivity contribution in [2.75, 3.05) is 11.1 Å². The van der Waals surface area contributed by atoms with Gasteiger partial charge in [0, 0.05) is 31.4 Å². The average molecular weight is 376 g/mol. The highest BCUT2D eigenvalue weighted by molar-refractivity contribution is 6.15. The Labute approximate surface area is 154 Å². The number of nitrogens with two attached hydrogens (primary N) is 1. The Morgan fingerprint density at radius 2 is 1.33 bits per heavy atom. The van der Waals surface area contributed by atoms with Gasteiger partial charge >= 0.3 is 11.9 Å². The first kappa shape index (κ1) is 19.9. The Balaban J connectivity index is 0.000000273. The summed E-state index contributed by atoms with van der Waals surface area (Å²) in [5.41, 5.74) is 6.13. The molecular formula is C19H18F2N2O4. The molecule has 1 aliphatic rings. The number of hydrogen-bond acceptors (Lipinski definition) is 6. The van der Waals surface area contributed by atoms with E-state index in [1.54, 1.807) is 0 Å². The number of cyclic esters (lactones) is 2. The summed E-state index contributed by atoms with van der Waals surface area (Å²) in [6, 6.07) is 11.1. The molecule has 0 aliphatic carbocycles. The molecule has 3 rings (SSSR count). The molecular weight excluding hydrogens is 358 g/mol. The van der Waals surface area contributed by atoms with E-state index in [1.165, 1.54) is 68.6 Å². The van der Waals surface area contributed by atoms with Gasteiger partial charge < -0.3 is 20.5 Å². The lowest BCUT2D eigenvalue weighted by atomic mass is 10.2. The van der Waals surface area contributed by atoms with Crippen molar-refractivity contribution in [3.63, 3.8) is 0 Å². The maximum atomic E-state index is 12.7. The zero-order chi connectivity index (χ0) is 20.0. The van der Waals surface area contributed by atoms with Crippen LogP contribution in [0.25, 0.3) is 0 Å². The van der Waals surface area contributed by atoms with Gasteiger partial charge in [0.25, 0.3) is 5.79 Å². The Morgan fingerprint density at radius 3 is 1.78 bits per heavy atom. The first-order valence-corrected chi connectivity index (χ1v) is 7.86. The lowest BCUT2D eigenvalue weighted by Crippen LogP contribution is -2.42. The third-order valence-corrected chi connectivity index (χ3v) is 3.21. The molecule has 0 saturated carbocycles. The van der Waals surface area contributed by atoms with E-state index in [0.29, 0.717) is 11.4 Å². The Morgan fingerprint density at radius 1 is 0.889 bits per heavy atom. The van der Waals surface area contributed by atoms with E-state index in [2.05, 4.69) is 5.32 Å². The number of rotatable bonds is 2. The van der Waals surface area contributed by atoms with Crippen LogP contribution in [0, 0.1) is 11.6 Å². The molecule has 0 aromatic heterocycles. The third kappa shape index (κ3) is 6.10. The van der Waals surface area contributed by atoms with Crippen LogP contribution in [0.15, 0.2) is 60.3 Å². The molecule has 8 heteroatoms. The largest absolute Gasteiger partial charge is 0.419 e. The van der Waals surface area contributed by atoms with Crippen LogP contribution in [0.1, 0.15) is 13.8 Å². The molecule has 2 aromatic rings. The molecule has 3 N–H and O–H groups in total. The molecule has 1 heterocycles. The minimum absolute atomic E-state index is 0.247. The van der Waals surface area contributed by atoms with Gasteiger partial charge in [-0.15, -0.1) is 0 Å². The molecule has 0 bridgehead atoms. The van der Waals surface area contributed by atoms with Gasteiger partial charge in [-0.25, -0.2) is 18.4 Å². The zero-order valence-corrected chi connectivity index (χ0v) is 14.7. The van der Waals surface area contributed by atoms with Gasteiger partial charge in [0.05, 0.1) is 0 Å². The molecule has 0 radical (unpaired) electrons. The molecule has 0 spiro atoms. The van der Waals surface area contributed by atoms with Crippen LogP contribution in [0.5, 0.6) is 0 Å². The number of carbonyl (C=O) groups excluding carboxylic acids is 2. The predicted octanol–water partition coefficient (Wildman–Crippen LogP) is 3.37. The topological polar surface area (TPSA) is 90.6 Å². The summed E-state index contributed by atoms with van der Waals surface area (Å²) in [6.07, 6.45) is 1.17. The molecule has 142 valence electrons. The second kappa shape index (κ2) is 8.31. The summed E-state index contributed by atoms with van der Waals surface area (Å²) in [5.74, 6) is -3.43. The molecule has 2 aromatic carbocycles. The number of halogens is 2. The first-order valence-electron chi connectivity index (χ1n) is 7.86. The van der Waals surface area contributed by atoms with Crippen LogP contribution in [0.4, 0.5) is 20.2 Å². The fourth-order valence-corrected chi connectivity index (χ4v) is 1.94. The van der Waals surface area contributed by atoms with E-state index >= 15 is 0 Å². The van der Waals surface area contributed by atoms with Crippen LogP contribution < -0.4 is 11.1 Å². The number of nitrogen functional groups attached to an aromatic ring is 1. The fraction of sp³-hybridized carbons (Fsp3) is 0.158. The van der Waals surface area contributed by atoms with Gasteiger partial charge in [-0.3, -0.25) is 0 Å². The highest BCUT2D eigenvalue weighted by atomic mass is 19.1. The standard InChI is InChI=1S/C13H12FNO4.C6H6FN/c1-13(2)18-11(16)10(12(17)19-13)7-15-9-5-3-8(14)4-6-9;7-5-1-3-6(8)4-2-5/h3-7,15H,1-2H3;1-4H,8H2. The zero-order valence-electron chi connectivity index (χ0n) is 14.7. The van der Waals surface area contributed by atoms with E-state index in [1.807, 2.05) is 0 Å². The number of anilines is 2. The number of benzene rings is 2. The normalized spacial score (nSPS) is 15.0. The summed E-state index contributed by atoms with van der Waals surface area (Å²) in [6.45, 7) is 2.93. The minimum atomic E-state index is -1.26. The summed E-state index contributed by atoms with van der Waals surface area (Å²) < 4.78 is 34.6. The van der Waals surface area contributed by atoms with Crippen LogP contribution in [-0.2, 0) is 19.1 Å². The molecule has 0 atom stereocenters. The number of ether oxygens (including phenoxy) is 2. The Hall–Kier alpha value is -3.42. The van der Waals surface area contributed by atoms with Crippen LogP contribution in [0.2, 0.25) is 0 Å². The molecule has 1 aliphatic heterocycles. The van der Waals surface area contributed by atoms with Crippen molar-refractivity contribution < 1.29 is 27.8 Å². The summed E-state index contributed by atoms with van der Waals surface area (Å²) in [7, 11) is 0. The molecule has 27 heavy (non-hydrogen) atoms. The first-order chi connectivity index (χ1) is 12.7. The maximum Gasteiger partial charge on any atom is 0.350 e.